The molecule has 602 valence electrons. The molecule has 0 saturated heterocycles. The first-order valence-corrected chi connectivity index (χ1v) is 42.6. The topological polar surface area (TPSA) is 120 Å². The molecule has 2 fully saturated rings. The molecule has 0 N–H and O–H groups in total. The first-order chi connectivity index (χ1) is 61.2. The van der Waals surface area contributed by atoms with Gasteiger partial charge in [-0.2, -0.15) is 0 Å². The second-order valence-corrected chi connectivity index (χ2v) is 33.9. The van der Waals surface area contributed by atoms with Crippen molar-refractivity contribution in [2.24, 2.45) is 28.2 Å². The van der Waals surface area contributed by atoms with Crippen LogP contribution in [0.2, 0.25) is 0 Å². The summed E-state index contributed by atoms with van der Waals surface area (Å²) >= 11 is 0. The van der Waals surface area contributed by atoms with Crippen molar-refractivity contribution >= 4 is 131 Å². The highest BCUT2D eigenvalue weighted by atomic mass is 16.4. The third kappa shape index (κ3) is 13.7. The fourth-order valence-corrected chi connectivity index (χ4v) is 19.2. The molecule has 2 saturated carbocycles. The second-order valence-electron chi connectivity index (χ2n) is 33.9. The number of hydrogen-bond donors (Lipinski definition) is 0. The number of aryl methyl sites for hydroxylation is 12. The van der Waals surface area contributed by atoms with Gasteiger partial charge in [-0.05, 0) is 241 Å². The normalized spacial score (nSPS) is 15.6. The summed E-state index contributed by atoms with van der Waals surface area (Å²) < 4.78 is 93.2. The predicted molar refractivity (Wildman–Crippen MR) is 496 cm³/mol. The van der Waals surface area contributed by atoms with Crippen LogP contribution in [-0.4, -0.2) is 19.9 Å². The smallest absolute Gasteiger partial charge is 0.227 e. The van der Waals surface area contributed by atoms with Gasteiger partial charge >= 0.3 is 0 Å². The van der Waals surface area contributed by atoms with Crippen LogP contribution < -0.4 is 18.3 Å². The van der Waals surface area contributed by atoms with Crippen LogP contribution in [0.1, 0.15) is 186 Å². The van der Waals surface area contributed by atoms with Gasteiger partial charge < -0.3 is 17.7 Å². The maximum absolute atomic E-state index is 9.21. The van der Waals surface area contributed by atoms with E-state index >= 15 is 0 Å². The van der Waals surface area contributed by atoms with Gasteiger partial charge in [0.2, 0.25) is 45.6 Å². The van der Waals surface area contributed by atoms with E-state index in [2.05, 4.69) is 223 Å². The lowest BCUT2D eigenvalue weighted by Gasteiger charge is -2.22. The predicted octanol–water partition coefficient (Wildman–Crippen LogP) is 26.9. The highest BCUT2D eigenvalue weighted by Crippen LogP contribution is 2.49. The van der Waals surface area contributed by atoms with Crippen molar-refractivity contribution in [1.29, 1.82) is 0 Å². The fourth-order valence-electron chi connectivity index (χ4n) is 19.2. The lowest BCUT2D eigenvalue weighted by Crippen LogP contribution is -2.31. The Morgan fingerprint density at radius 1 is 0.314 bits per heavy atom. The van der Waals surface area contributed by atoms with Gasteiger partial charge in [0.1, 0.15) is 28.2 Å². The Kier molecular flexibility index (Phi) is 18.2. The van der Waals surface area contributed by atoms with E-state index in [9.17, 15) is 1.37 Å². The molecule has 0 spiro atoms. The number of fused-ring (bicyclic) bond motifs is 20. The molecule has 2 aliphatic carbocycles. The Labute approximate surface area is 716 Å². The largest absolute Gasteiger partial charge is 0.437 e. The summed E-state index contributed by atoms with van der Waals surface area (Å²) in [5.74, 6) is -3.41. The molecule has 0 bridgehead atoms. The van der Waals surface area contributed by atoms with Crippen LogP contribution in [-0.2, 0) is 28.2 Å². The van der Waals surface area contributed by atoms with Crippen LogP contribution >= 0.6 is 0 Å². The monoisotopic (exact) mass is 1600 g/mol. The molecule has 22 rings (SSSR count). The number of nitrogens with zero attached hydrogens (tertiary/aromatic N) is 8. The highest BCUT2D eigenvalue weighted by molar-refractivity contribution is 6.26. The zero-order chi connectivity index (χ0) is 89.7. The van der Waals surface area contributed by atoms with Gasteiger partial charge in [-0.15, -0.1) is 0 Å². The minimum absolute atomic E-state index is 0.432. The molecule has 0 aliphatic heterocycles. The van der Waals surface area contributed by atoms with Gasteiger partial charge in [-0.1, -0.05) is 157 Å². The zero-order valence-corrected chi connectivity index (χ0v) is 71.9. The van der Waals surface area contributed by atoms with Crippen molar-refractivity contribution in [3.8, 4) is 45.0 Å². The lowest BCUT2D eigenvalue weighted by atomic mass is 9.83. The summed E-state index contributed by atoms with van der Waals surface area (Å²) in [6.07, 6.45) is 17.6. The Morgan fingerprint density at radius 3 is 0.851 bits per heavy atom. The van der Waals surface area contributed by atoms with Crippen molar-refractivity contribution in [2.45, 2.75) is 164 Å². The third-order valence-electron chi connectivity index (χ3n) is 25.7. The summed E-state index contributed by atoms with van der Waals surface area (Å²) in [5.41, 5.74) is 26.0. The molecule has 12 heterocycles. The molecule has 12 aromatic heterocycles. The van der Waals surface area contributed by atoms with Gasteiger partial charge in [-0.3, -0.25) is 0 Å². The third-order valence-corrected chi connectivity index (χ3v) is 25.7. The van der Waals surface area contributed by atoms with Crippen molar-refractivity contribution in [3.05, 3.63) is 286 Å². The molecule has 20 aromatic rings. The first kappa shape index (κ1) is 70.1. The van der Waals surface area contributed by atoms with Crippen LogP contribution in [0.25, 0.3) is 176 Å². The average molecular weight is 1600 g/mol. The van der Waals surface area contributed by atoms with E-state index in [0.717, 1.165) is 212 Å². The van der Waals surface area contributed by atoms with Gasteiger partial charge in [0.15, 0.2) is 47.1 Å². The molecule has 8 aromatic carbocycles. The van der Waals surface area contributed by atoms with Crippen LogP contribution in [0.5, 0.6) is 0 Å². The van der Waals surface area contributed by atoms with E-state index < -0.39 is 30.4 Å². The van der Waals surface area contributed by atoms with Crippen LogP contribution in [0.4, 0.5) is 0 Å². The Bertz CT molecular complexity index is 7950. The Balaban J connectivity index is 0.000000111. The maximum Gasteiger partial charge on any atom is 0.227 e. The van der Waals surface area contributed by atoms with E-state index in [1.165, 1.54) is 62.4 Å². The van der Waals surface area contributed by atoms with Crippen molar-refractivity contribution in [1.82, 2.24) is 19.9 Å². The summed E-state index contributed by atoms with van der Waals surface area (Å²) in [5, 5.41) is 17.8. The number of aromatic nitrogens is 8. The summed E-state index contributed by atoms with van der Waals surface area (Å²) in [4.78, 5) is 18.7. The van der Waals surface area contributed by atoms with E-state index in [1.54, 1.807) is 6.07 Å². The molecule has 12 heteroatoms. The van der Waals surface area contributed by atoms with Gasteiger partial charge in [-0.25, -0.2) is 38.2 Å². The minimum Gasteiger partial charge on any atom is -0.437 e. The van der Waals surface area contributed by atoms with Crippen LogP contribution in [0.3, 0.4) is 0 Å². The highest BCUT2D eigenvalue weighted by Gasteiger charge is 2.32. The molecule has 0 radical (unpaired) electrons. The molecule has 0 amide bonds. The average Bonchev–Trinajstić information content (AvgIpc) is 1.52. The number of hydrogen-bond acceptors (Lipinski definition) is 8. The number of rotatable bonds is 8. The number of furan rings is 4. The zero-order valence-electron chi connectivity index (χ0n) is 78.9. The lowest BCUT2D eigenvalue weighted by molar-refractivity contribution is -0.660. The SMILES string of the molecule is [2H]C(C)(C)c1cc[n+](C)c(-c2c(C)c3ccccc3c3c2oc2nc(C)ccc23)c1.[2H]C([2H])([2H])C([2H])(C)c1cc[n+](C)c(-c2c(C)c3ccccc3c3c2oc2nc(C)ccc23)c1.[2H]C1(c2cc[n+](C)c(-c3c(C)c4ccccc4c4c3oc3nc(C)ccc34)c2)CCCC1.[2H]C1(c2cc[n+](C)c(-c3c(C)c4ccccc4c4c3oc3nc(C)ccc34)c2)CCCCC1. The quantitative estimate of drug-likeness (QED) is 0.138. The first-order valence-electron chi connectivity index (χ1n) is 46.1. The van der Waals surface area contributed by atoms with E-state index in [0.29, 0.717) is 34.0 Å². The van der Waals surface area contributed by atoms with Crippen LogP contribution in [0.15, 0.2) is 237 Å². The molecule has 12 nitrogen and oxygen atoms in total. The maximum atomic E-state index is 9.21. The fraction of sp³-hybridized carbons (Fsp3) is 0.266. The summed E-state index contributed by atoms with van der Waals surface area (Å²) in [7, 11) is 8.13. The standard InChI is InChI=1S/C29H29N2O.C28H27N2O.2C26H25N2O/c1-18-13-14-24-27-23-12-8-7-11-22(23)19(2)26(28(27)32-29(24)30-18)25-17-21(15-16-31(25)3)20-9-5-4-6-10-20;1-17-12-13-23-26-22-11-7-6-10-21(22)18(2)25(27(26)31-28(23)29-17)24-16-20(14-15-30(24)3)19-8-4-5-9-19;2*1-15(2)18-12-13-28(5)22(14-18)23-17(4)19-8-6-7-9-20(19)24-21-11-10-16(3)27-26(21)29-25(23)24/h7-8,11-17,20H,4-6,9-10H2,1-3H3;6-7,10-16,19H,4-5,8-9H2,1-3H3;2*6-15H,1-5H3/q4*+1/i20D;19D;1D3,15D;15D. The van der Waals surface area contributed by atoms with Crippen LogP contribution in [0, 0.1) is 55.4 Å². The van der Waals surface area contributed by atoms with E-state index in [-0.39, 0.29) is 0 Å². The molecular formula is C109H106N8O4+4. The molecule has 2 aliphatic rings. The van der Waals surface area contributed by atoms with Gasteiger partial charge in [0.25, 0.3) is 0 Å². The Morgan fingerprint density at radius 2 is 0.570 bits per heavy atom. The molecule has 1 atom stereocenters. The summed E-state index contributed by atoms with van der Waals surface area (Å²) in [6, 6.07) is 66.8. The minimum atomic E-state index is -2.46. The number of pyridine rings is 8. The van der Waals surface area contributed by atoms with Crippen molar-refractivity contribution < 1.29 is 45.5 Å². The van der Waals surface area contributed by atoms with E-state index in [4.69, 9.17) is 35.9 Å². The van der Waals surface area contributed by atoms with Crippen molar-refractivity contribution in [2.75, 3.05) is 0 Å². The van der Waals surface area contributed by atoms with Gasteiger partial charge in [0.05, 0.1) is 22.3 Å². The summed E-state index contributed by atoms with van der Waals surface area (Å²) in [6.45, 7) is 19.3. The second kappa shape index (κ2) is 31.4. The van der Waals surface area contributed by atoms with E-state index in [1.807, 2.05) is 115 Å². The molecule has 1 unspecified atom stereocenters. The molecular weight excluding hydrogens is 1490 g/mol. The number of benzene rings is 8. The Hall–Kier alpha value is -12.8. The molecule has 121 heavy (non-hydrogen) atoms. The van der Waals surface area contributed by atoms with Crippen molar-refractivity contribution in [3.63, 3.8) is 0 Å². The van der Waals surface area contributed by atoms with Gasteiger partial charge in [0, 0.05) is 124 Å².